The second kappa shape index (κ2) is 6.42. The minimum Gasteiger partial charge on any atom is -0.444 e. The highest BCUT2D eigenvalue weighted by molar-refractivity contribution is 6.35. The predicted molar refractivity (Wildman–Crippen MR) is 87.7 cm³/mol. The molecule has 0 N–H and O–H groups in total. The lowest BCUT2D eigenvalue weighted by Gasteiger charge is -2.23. The molecule has 2 aromatic carbocycles. The van der Waals surface area contributed by atoms with E-state index in [0.29, 0.717) is 22.2 Å². The fraction of sp³-hybridized carbons (Fsp3) is 0.118. The fourth-order valence-electron chi connectivity index (χ4n) is 2.26. The summed E-state index contributed by atoms with van der Waals surface area (Å²) in [6.07, 6.45) is 3.18. The third-order valence-electron chi connectivity index (χ3n) is 3.47. The van der Waals surface area contributed by atoms with Crippen molar-refractivity contribution in [1.82, 2.24) is 4.90 Å². The van der Waals surface area contributed by atoms with Crippen LogP contribution in [0.4, 0.5) is 4.79 Å². The summed E-state index contributed by atoms with van der Waals surface area (Å²) in [5, 5.41) is 0.972. The van der Waals surface area contributed by atoms with Crippen LogP contribution in [0.1, 0.15) is 16.7 Å². The van der Waals surface area contributed by atoms with E-state index < -0.39 is 6.09 Å². The molecule has 0 bridgehead atoms. The molecule has 0 saturated heterocycles. The van der Waals surface area contributed by atoms with E-state index in [-0.39, 0.29) is 6.61 Å². The molecule has 2 aromatic rings. The molecule has 0 unspecified atom stereocenters. The molecule has 1 amide bonds. The van der Waals surface area contributed by atoms with Gasteiger partial charge >= 0.3 is 6.09 Å². The Morgan fingerprint density at radius 1 is 1.09 bits per heavy atom. The molecule has 0 aliphatic carbocycles. The van der Waals surface area contributed by atoms with Crippen LogP contribution in [0.15, 0.2) is 48.7 Å². The first-order valence-corrected chi connectivity index (χ1v) is 7.53. The molecule has 0 spiro atoms. The summed E-state index contributed by atoms with van der Waals surface area (Å²) in [5.41, 5.74) is 2.80. The molecule has 1 aliphatic heterocycles. The average Bonchev–Trinajstić information content (AvgIpc) is 2.53. The Bertz CT molecular complexity index is 723. The molecule has 1 heterocycles. The SMILES string of the molecule is O=C(OCc1c(Cl)cccc1Cl)N1C=Cc2ccccc2C1. The van der Waals surface area contributed by atoms with Crippen LogP contribution in [0.3, 0.4) is 0 Å². The molecular formula is C17H13Cl2NO2. The number of hydrogen-bond donors (Lipinski definition) is 0. The summed E-state index contributed by atoms with van der Waals surface area (Å²) >= 11 is 12.1. The van der Waals surface area contributed by atoms with Gasteiger partial charge in [-0.15, -0.1) is 0 Å². The van der Waals surface area contributed by atoms with Gasteiger partial charge in [-0.1, -0.05) is 53.5 Å². The maximum atomic E-state index is 12.2. The minimum absolute atomic E-state index is 0.0450. The molecule has 5 heteroatoms. The number of amides is 1. The van der Waals surface area contributed by atoms with Crippen LogP contribution in [0.25, 0.3) is 6.08 Å². The van der Waals surface area contributed by atoms with Crippen LogP contribution in [0, 0.1) is 0 Å². The van der Waals surface area contributed by atoms with E-state index in [9.17, 15) is 4.79 Å². The number of hydrogen-bond acceptors (Lipinski definition) is 2. The quantitative estimate of drug-likeness (QED) is 0.763. The van der Waals surface area contributed by atoms with E-state index in [0.717, 1.165) is 11.1 Å². The Kier molecular flexibility index (Phi) is 4.36. The van der Waals surface area contributed by atoms with E-state index in [1.165, 1.54) is 4.90 Å². The van der Waals surface area contributed by atoms with Crippen LogP contribution < -0.4 is 0 Å². The summed E-state index contributed by atoms with van der Waals surface area (Å²) in [6, 6.07) is 13.1. The van der Waals surface area contributed by atoms with E-state index in [1.807, 2.05) is 30.3 Å². The van der Waals surface area contributed by atoms with Crippen LogP contribution >= 0.6 is 23.2 Å². The average molecular weight is 334 g/mol. The third-order valence-corrected chi connectivity index (χ3v) is 4.17. The lowest BCUT2D eigenvalue weighted by molar-refractivity contribution is 0.109. The van der Waals surface area contributed by atoms with Gasteiger partial charge in [-0.25, -0.2) is 4.79 Å². The molecule has 3 rings (SSSR count). The van der Waals surface area contributed by atoms with Crippen LogP contribution in [0.2, 0.25) is 10.0 Å². The van der Waals surface area contributed by atoms with Crippen LogP contribution in [-0.4, -0.2) is 11.0 Å². The number of benzene rings is 2. The highest BCUT2D eigenvalue weighted by Crippen LogP contribution is 2.26. The number of rotatable bonds is 2. The third kappa shape index (κ3) is 3.11. The van der Waals surface area contributed by atoms with Crippen molar-refractivity contribution < 1.29 is 9.53 Å². The van der Waals surface area contributed by atoms with Crippen molar-refractivity contribution >= 4 is 35.4 Å². The van der Waals surface area contributed by atoms with E-state index in [1.54, 1.807) is 24.4 Å². The molecule has 3 nitrogen and oxygen atoms in total. The van der Waals surface area contributed by atoms with Crippen LogP contribution in [-0.2, 0) is 17.9 Å². The first kappa shape index (κ1) is 14.9. The molecule has 0 fully saturated rings. The van der Waals surface area contributed by atoms with Gasteiger partial charge in [0.25, 0.3) is 0 Å². The highest BCUT2D eigenvalue weighted by atomic mass is 35.5. The Morgan fingerprint density at radius 3 is 2.59 bits per heavy atom. The zero-order valence-corrected chi connectivity index (χ0v) is 13.1. The summed E-state index contributed by atoms with van der Waals surface area (Å²) < 4.78 is 5.31. The summed E-state index contributed by atoms with van der Waals surface area (Å²) in [5.74, 6) is 0. The van der Waals surface area contributed by atoms with Crippen molar-refractivity contribution in [1.29, 1.82) is 0 Å². The largest absolute Gasteiger partial charge is 0.444 e. The Labute approximate surface area is 138 Å². The Morgan fingerprint density at radius 2 is 1.82 bits per heavy atom. The lowest BCUT2D eigenvalue weighted by Crippen LogP contribution is -2.28. The summed E-state index contributed by atoms with van der Waals surface area (Å²) in [6.45, 7) is 0.533. The molecule has 1 aliphatic rings. The topological polar surface area (TPSA) is 29.5 Å². The van der Waals surface area contributed by atoms with Crippen LogP contribution in [0.5, 0.6) is 0 Å². The van der Waals surface area contributed by atoms with E-state index >= 15 is 0 Å². The lowest BCUT2D eigenvalue weighted by atomic mass is 10.1. The number of fused-ring (bicyclic) bond motifs is 1. The van der Waals surface area contributed by atoms with Gasteiger partial charge in [-0.05, 0) is 29.3 Å². The molecule has 112 valence electrons. The maximum absolute atomic E-state index is 12.2. The molecule has 0 radical (unpaired) electrons. The van der Waals surface area contributed by atoms with Crippen molar-refractivity contribution in [3.05, 3.63) is 75.4 Å². The van der Waals surface area contributed by atoms with E-state index in [2.05, 4.69) is 0 Å². The first-order valence-electron chi connectivity index (χ1n) is 6.77. The van der Waals surface area contributed by atoms with Crippen molar-refractivity contribution in [3.8, 4) is 0 Å². The van der Waals surface area contributed by atoms with Gasteiger partial charge in [0.1, 0.15) is 6.61 Å². The van der Waals surface area contributed by atoms with Crippen molar-refractivity contribution in [2.75, 3.05) is 0 Å². The second-order valence-corrected chi connectivity index (χ2v) is 5.71. The molecule has 0 saturated carbocycles. The molecular weight excluding hydrogens is 321 g/mol. The zero-order chi connectivity index (χ0) is 15.5. The number of halogens is 2. The monoisotopic (exact) mass is 333 g/mol. The second-order valence-electron chi connectivity index (χ2n) is 4.90. The first-order chi connectivity index (χ1) is 10.6. The Hall–Kier alpha value is -1.97. The van der Waals surface area contributed by atoms with E-state index in [4.69, 9.17) is 27.9 Å². The molecule has 0 atom stereocenters. The highest BCUT2D eigenvalue weighted by Gasteiger charge is 2.18. The summed E-state index contributed by atoms with van der Waals surface area (Å²) in [4.78, 5) is 13.7. The number of ether oxygens (including phenoxy) is 1. The standard InChI is InChI=1S/C17H13Cl2NO2/c18-15-6-3-7-16(19)14(15)11-22-17(21)20-9-8-12-4-1-2-5-13(12)10-20/h1-9H,10-11H2. The molecule has 22 heavy (non-hydrogen) atoms. The van der Waals surface area contributed by atoms with Gasteiger partial charge in [-0.2, -0.15) is 0 Å². The minimum atomic E-state index is -0.429. The van der Waals surface area contributed by atoms with Gasteiger partial charge < -0.3 is 4.74 Å². The smallest absolute Gasteiger partial charge is 0.414 e. The number of carbonyl (C=O) groups is 1. The maximum Gasteiger partial charge on any atom is 0.414 e. The van der Waals surface area contributed by atoms with Gasteiger partial charge in [0.2, 0.25) is 0 Å². The van der Waals surface area contributed by atoms with Crippen molar-refractivity contribution in [2.45, 2.75) is 13.2 Å². The van der Waals surface area contributed by atoms with Crippen molar-refractivity contribution in [3.63, 3.8) is 0 Å². The predicted octanol–water partition coefficient (Wildman–Crippen LogP) is 5.12. The van der Waals surface area contributed by atoms with Gasteiger partial charge in [0.15, 0.2) is 0 Å². The zero-order valence-electron chi connectivity index (χ0n) is 11.6. The summed E-state index contributed by atoms with van der Waals surface area (Å²) in [7, 11) is 0. The molecule has 0 aromatic heterocycles. The number of nitrogens with zero attached hydrogens (tertiary/aromatic N) is 1. The fourth-order valence-corrected chi connectivity index (χ4v) is 2.77. The normalized spacial score (nSPS) is 12.9. The number of carbonyl (C=O) groups excluding carboxylic acids is 1. The van der Waals surface area contributed by atoms with Gasteiger partial charge in [-0.3, -0.25) is 4.90 Å². The Balaban J connectivity index is 1.67. The van der Waals surface area contributed by atoms with Gasteiger partial charge in [0, 0.05) is 21.8 Å². The van der Waals surface area contributed by atoms with Crippen molar-refractivity contribution in [2.24, 2.45) is 0 Å². The van der Waals surface area contributed by atoms with Gasteiger partial charge in [0.05, 0.1) is 6.54 Å².